The summed E-state index contributed by atoms with van der Waals surface area (Å²) in [6, 6.07) is 5.82. The average Bonchev–Trinajstić information content (AvgIpc) is 2.84. The molecule has 1 aliphatic heterocycles. The molecule has 130 valence electrons. The quantitative estimate of drug-likeness (QED) is 0.846. The van der Waals surface area contributed by atoms with Gasteiger partial charge < -0.3 is 15.3 Å². The van der Waals surface area contributed by atoms with Crippen molar-refractivity contribution in [2.45, 2.75) is 19.1 Å². The Morgan fingerprint density at radius 2 is 1.88 bits per heavy atom. The van der Waals surface area contributed by atoms with E-state index in [1.54, 1.807) is 0 Å². The Morgan fingerprint density at radius 1 is 1.25 bits per heavy atom. The third-order valence-corrected chi connectivity index (χ3v) is 3.62. The van der Waals surface area contributed by atoms with Gasteiger partial charge in [0.2, 0.25) is 11.8 Å². The molecule has 0 saturated carbocycles. The first-order valence-corrected chi connectivity index (χ1v) is 7.10. The van der Waals surface area contributed by atoms with Gasteiger partial charge in [-0.3, -0.25) is 9.59 Å². The number of amides is 2. The summed E-state index contributed by atoms with van der Waals surface area (Å²) in [5.41, 5.74) is 0.749. The van der Waals surface area contributed by atoms with Gasteiger partial charge in [0, 0.05) is 19.5 Å². The molecule has 0 aromatic heterocycles. The first-order chi connectivity index (χ1) is 11.2. The summed E-state index contributed by atoms with van der Waals surface area (Å²) in [5, 5.41) is 11.3. The number of aromatic carboxylic acids is 1. The third-order valence-electron chi connectivity index (χ3n) is 3.62. The van der Waals surface area contributed by atoms with E-state index < -0.39 is 36.4 Å². The normalized spacial score (nSPS) is 17.9. The van der Waals surface area contributed by atoms with Gasteiger partial charge in [0.1, 0.15) is 6.54 Å². The highest BCUT2D eigenvalue weighted by atomic mass is 19.4. The van der Waals surface area contributed by atoms with Gasteiger partial charge in [-0.2, -0.15) is 13.2 Å². The summed E-state index contributed by atoms with van der Waals surface area (Å²) < 4.78 is 37.0. The molecule has 1 atom stereocenters. The average molecular weight is 344 g/mol. The van der Waals surface area contributed by atoms with Crippen molar-refractivity contribution in [3.05, 3.63) is 35.4 Å². The van der Waals surface area contributed by atoms with Crippen LogP contribution in [0.15, 0.2) is 24.3 Å². The van der Waals surface area contributed by atoms with Crippen molar-refractivity contribution in [3.63, 3.8) is 0 Å². The Labute approximate surface area is 135 Å². The number of likely N-dealkylation sites (tertiary alicyclic amines) is 1. The van der Waals surface area contributed by atoms with E-state index in [1.807, 2.05) is 0 Å². The first-order valence-electron chi connectivity index (χ1n) is 7.10. The summed E-state index contributed by atoms with van der Waals surface area (Å²) in [4.78, 5) is 34.9. The SMILES string of the molecule is O=C(O)c1ccc(CNC(=O)C2CC(=O)N(CC(F)(F)F)C2)cc1. The standard InChI is InChI=1S/C15H15F3N2O4/c16-15(17,18)8-20-7-11(5-12(20)21)13(22)19-6-9-1-3-10(4-2-9)14(23)24/h1-4,11H,5-8H2,(H,19,22)(H,23,24). The fourth-order valence-electron chi connectivity index (χ4n) is 2.42. The van der Waals surface area contributed by atoms with Crippen LogP contribution in [-0.2, 0) is 16.1 Å². The van der Waals surface area contributed by atoms with E-state index in [4.69, 9.17) is 5.11 Å². The molecule has 0 aliphatic carbocycles. The maximum Gasteiger partial charge on any atom is 0.406 e. The number of alkyl halides is 3. The zero-order valence-corrected chi connectivity index (χ0v) is 12.5. The number of rotatable bonds is 5. The molecule has 0 bridgehead atoms. The number of hydrogen-bond acceptors (Lipinski definition) is 3. The first kappa shape index (κ1) is 17.8. The van der Waals surface area contributed by atoms with E-state index in [9.17, 15) is 27.6 Å². The summed E-state index contributed by atoms with van der Waals surface area (Å²) in [6.07, 6.45) is -4.74. The van der Waals surface area contributed by atoms with Crippen molar-refractivity contribution in [2.24, 2.45) is 5.92 Å². The molecule has 9 heteroatoms. The zero-order chi connectivity index (χ0) is 17.9. The maximum absolute atomic E-state index is 12.3. The molecular formula is C15H15F3N2O4. The van der Waals surface area contributed by atoms with Crippen molar-refractivity contribution in [1.29, 1.82) is 0 Å². The van der Waals surface area contributed by atoms with Crippen molar-refractivity contribution in [2.75, 3.05) is 13.1 Å². The van der Waals surface area contributed by atoms with Crippen LogP contribution in [0.5, 0.6) is 0 Å². The van der Waals surface area contributed by atoms with Crippen molar-refractivity contribution >= 4 is 17.8 Å². The van der Waals surface area contributed by atoms with Crippen LogP contribution in [0.25, 0.3) is 0 Å². The number of carboxylic acid groups (broad SMARTS) is 1. The van der Waals surface area contributed by atoms with Gasteiger partial charge in [0.05, 0.1) is 11.5 Å². The summed E-state index contributed by atoms with van der Waals surface area (Å²) >= 11 is 0. The van der Waals surface area contributed by atoms with E-state index in [2.05, 4.69) is 5.32 Å². The molecule has 1 fully saturated rings. The van der Waals surface area contributed by atoms with E-state index in [1.165, 1.54) is 24.3 Å². The molecule has 1 heterocycles. The number of hydrogen-bond donors (Lipinski definition) is 2. The highest BCUT2D eigenvalue weighted by molar-refractivity contribution is 5.89. The number of carbonyl (C=O) groups excluding carboxylic acids is 2. The number of nitrogens with zero attached hydrogens (tertiary/aromatic N) is 1. The van der Waals surface area contributed by atoms with Gasteiger partial charge in [0.25, 0.3) is 0 Å². The van der Waals surface area contributed by atoms with Crippen LogP contribution in [0.2, 0.25) is 0 Å². The van der Waals surface area contributed by atoms with E-state index >= 15 is 0 Å². The summed E-state index contributed by atoms with van der Waals surface area (Å²) in [6.45, 7) is -1.52. The van der Waals surface area contributed by atoms with Crippen molar-refractivity contribution in [1.82, 2.24) is 10.2 Å². The number of carboxylic acids is 1. The number of halogens is 3. The minimum atomic E-state index is -4.49. The maximum atomic E-state index is 12.3. The molecule has 0 radical (unpaired) electrons. The largest absolute Gasteiger partial charge is 0.478 e. The van der Waals surface area contributed by atoms with Crippen LogP contribution in [0, 0.1) is 5.92 Å². The number of benzene rings is 1. The van der Waals surface area contributed by atoms with Gasteiger partial charge in [-0.25, -0.2) is 4.79 Å². The van der Waals surface area contributed by atoms with E-state index in [0.29, 0.717) is 10.5 Å². The molecule has 1 saturated heterocycles. The second kappa shape index (κ2) is 6.90. The number of carbonyl (C=O) groups is 3. The summed E-state index contributed by atoms with van der Waals surface area (Å²) in [7, 11) is 0. The lowest BCUT2D eigenvalue weighted by Crippen LogP contribution is -2.37. The molecule has 2 N–H and O–H groups in total. The second-order valence-electron chi connectivity index (χ2n) is 5.51. The molecule has 24 heavy (non-hydrogen) atoms. The lowest BCUT2D eigenvalue weighted by atomic mass is 10.1. The predicted octanol–water partition coefficient (Wildman–Crippen LogP) is 1.41. The molecule has 1 unspecified atom stereocenters. The van der Waals surface area contributed by atoms with Crippen LogP contribution in [0.4, 0.5) is 13.2 Å². The molecule has 2 amide bonds. The number of nitrogens with one attached hydrogen (secondary N) is 1. The Morgan fingerprint density at radius 3 is 2.42 bits per heavy atom. The van der Waals surface area contributed by atoms with E-state index in [-0.39, 0.29) is 25.1 Å². The molecular weight excluding hydrogens is 329 g/mol. The van der Waals surface area contributed by atoms with Crippen LogP contribution >= 0.6 is 0 Å². The lowest BCUT2D eigenvalue weighted by Gasteiger charge is -2.18. The molecule has 1 aliphatic rings. The predicted molar refractivity (Wildman–Crippen MR) is 76.0 cm³/mol. The van der Waals surface area contributed by atoms with Crippen LogP contribution in [0.3, 0.4) is 0 Å². The monoisotopic (exact) mass is 344 g/mol. The zero-order valence-electron chi connectivity index (χ0n) is 12.5. The molecule has 1 aromatic carbocycles. The smallest absolute Gasteiger partial charge is 0.406 e. The third kappa shape index (κ3) is 4.71. The highest BCUT2D eigenvalue weighted by Crippen LogP contribution is 2.24. The van der Waals surface area contributed by atoms with E-state index in [0.717, 1.165) is 0 Å². The Hall–Kier alpha value is -2.58. The second-order valence-corrected chi connectivity index (χ2v) is 5.51. The minimum Gasteiger partial charge on any atom is -0.478 e. The minimum absolute atomic E-state index is 0.0999. The Kier molecular flexibility index (Phi) is 5.10. The van der Waals surface area contributed by atoms with Crippen LogP contribution in [-0.4, -0.2) is 47.1 Å². The van der Waals surface area contributed by atoms with Gasteiger partial charge in [-0.15, -0.1) is 0 Å². The molecule has 1 aromatic rings. The Balaban J connectivity index is 1.87. The topological polar surface area (TPSA) is 86.7 Å². The van der Waals surface area contributed by atoms with Crippen LogP contribution < -0.4 is 5.32 Å². The van der Waals surface area contributed by atoms with Gasteiger partial charge in [-0.05, 0) is 17.7 Å². The summed E-state index contributed by atoms with van der Waals surface area (Å²) in [5.74, 6) is -3.09. The fourth-order valence-corrected chi connectivity index (χ4v) is 2.42. The molecule has 0 spiro atoms. The van der Waals surface area contributed by atoms with Gasteiger partial charge in [0.15, 0.2) is 0 Å². The van der Waals surface area contributed by atoms with Crippen molar-refractivity contribution < 1.29 is 32.7 Å². The van der Waals surface area contributed by atoms with Crippen molar-refractivity contribution in [3.8, 4) is 0 Å². The Bertz CT molecular complexity index is 643. The molecule has 6 nitrogen and oxygen atoms in total. The fraction of sp³-hybridized carbons (Fsp3) is 0.400. The highest BCUT2D eigenvalue weighted by Gasteiger charge is 2.40. The molecule has 2 rings (SSSR count). The lowest BCUT2D eigenvalue weighted by molar-refractivity contribution is -0.157. The van der Waals surface area contributed by atoms with Crippen LogP contribution in [0.1, 0.15) is 22.3 Å². The van der Waals surface area contributed by atoms with Gasteiger partial charge in [-0.1, -0.05) is 12.1 Å². The van der Waals surface area contributed by atoms with Gasteiger partial charge >= 0.3 is 12.1 Å².